The minimum atomic E-state index is -0.368. The van der Waals surface area contributed by atoms with Gasteiger partial charge in [0.05, 0.1) is 18.4 Å². The molecule has 4 bridgehead atoms. The molecule has 0 amide bonds. The molecular weight excluding hydrogens is 264 g/mol. The fourth-order valence-corrected chi connectivity index (χ4v) is 5.21. The summed E-state index contributed by atoms with van der Waals surface area (Å²) in [4.78, 5) is 0. The molecule has 4 aliphatic carbocycles. The minimum Gasteiger partial charge on any atom is -0.495 e. The van der Waals surface area contributed by atoms with Gasteiger partial charge in [-0.25, -0.2) is 0 Å². The summed E-state index contributed by atoms with van der Waals surface area (Å²) >= 11 is 0. The van der Waals surface area contributed by atoms with Crippen LogP contribution in [-0.2, 0) is 0 Å². The molecule has 1 aromatic rings. The van der Waals surface area contributed by atoms with Crippen LogP contribution in [0.15, 0.2) is 18.2 Å². The second-order valence-corrected chi connectivity index (χ2v) is 7.32. The van der Waals surface area contributed by atoms with E-state index >= 15 is 0 Å². The summed E-state index contributed by atoms with van der Waals surface area (Å²) in [6, 6.07) is 6.38. The highest BCUT2D eigenvalue weighted by molar-refractivity contribution is 5.61. The number of nitrogens with two attached hydrogens (primary N) is 1. The topological polar surface area (TPSA) is 67.5 Å². The van der Waals surface area contributed by atoms with Gasteiger partial charge in [0.15, 0.2) is 0 Å². The molecular formula is C17H24N2O2. The molecule has 2 unspecified atom stereocenters. The molecule has 4 saturated carbocycles. The zero-order valence-corrected chi connectivity index (χ0v) is 12.5. The summed E-state index contributed by atoms with van der Waals surface area (Å²) in [5.41, 5.74) is 7.26. The Hall–Kier alpha value is -1.42. The Labute approximate surface area is 125 Å². The number of nitrogens with one attached hydrogen (secondary N) is 1. The average molecular weight is 288 g/mol. The quantitative estimate of drug-likeness (QED) is 0.748. The van der Waals surface area contributed by atoms with E-state index in [9.17, 15) is 5.11 Å². The van der Waals surface area contributed by atoms with Gasteiger partial charge in [-0.05, 0) is 62.0 Å². The Kier molecular flexibility index (Phi) is 2.86. The highest BCUT2D eigenvalue weighted by Gasteiger charge is 2.54. The predicted molar refractivity (Wildman–Crippen MR) is 83.3 cm³/mol. The lowest BCUT2D eigenvalue weighted by Crippen LogP contribution is -2.58. The molecule has 4 heteroatoms. The molecule has 4 fully saturated rings. The molecule has 0 radical (unpaired) electrons. The number of ether oxygens (including phenoxy) is 1. The Morgan fingerprint density at radius 1 is 1.24 bits per heavy atom. The van der Waals surface area contributed by atoms with Gasteiger partial charge in [0.2, 0.25) is 0 Å². The largest absolute Gasteiger partial charge is 0.495 e. The molecule has 1 aromatic carbocycles. The number of anilines is 2. The first-order chi connectivity index (χ1) is 10.1. The van der Waals surface area contributed by atoms with Gasteiger partial charge < -0.3 is 20.9 Å². The number of aliphatic hydroxyl groups is 1. The summed E-state index contributed by atoms with van der Waals surface area (Å²) in [5, 5.41) is 14.3. The van der Waals surface area contributed by atoms with E-state index in [0.717, 1.165) is 36.6 Å². The molecule has 2 atom stereocenters. The third-order valence-electron chi connectivity index (χ3n) is 5.81. The van der Waals surface area contributed by atoms with Gasteiger partial charge in [-0.2, -0.15) is 0 Å². The zero-order valence-electron chi connectivity index (χ0n) is 12.5. The van der Waals surface area contributed by atoms with Gasteiger partial charge in [-0.1, -0.05) is 0 Å². The summed E-state index contributed by atoms with van der Waals surface area (Å²) in [6.45, 7) is 0. The molecule has 0 spiro atoms. The zero-order chi connectivity index (χ0) is 14.6. The van der Waals surface area contributed by atoms with Gasteiger partial charge in [0, 0.05) is 17.8 Å². The van der Waals surface area contributed by atoms with Crippen molar-refractivity contribution in [3.63, 3.8) is 0 Å². The fraction of sp³-hybridized carbons (Fsp3) is 0.647. The van der Waals surface area contributed by atoms with Crippen LogP contribution in [0.5, 0.6) is 5.75 Å². The van der Waals surface area contributed by atoms with Crippen molar-refractivity contribution >= 4 is 11.4 Å². The van der Waals surface area contributed by atoms with Crippen LogP contribution in [0.3, 0.4) is 0 Å². The van der Waals surface area contributed by atoms with Crippen LogP contribution in [0, 0.1) is 17.8 Å². The van der Waals surface area contributed by atoms with Crippen LogP contribution in [0.25, 0.3) is 0 Å². The smallest absolute Gasteiger partial charge is 0.143 e. The summed E-state index contributed by atoms with van der Waals surface area (Å²) in [5.74, 6) is 2.67. The van der Waals surface area contributed by atoms with E-state index in [4.69, 9.17) is 10.5 Å². The van der Waals surface area contributed by atoms with E-state index < -0.39 is 0 Å². The molecule has 114 valence electrons. The molecule has 0 aliphatic heterocycles. The predicted octanol–water partition coefficient (Wildman–Crippen LogP) is 2.63. The van der Waals surface area contributed by atoms with Crippen molar-refractivity contribution in [1.29, 1.82) is 0 Å². The van der Waals surface area contributed by atoms with Crippen LogP contribution >= 0.6 is 0 Å². The monoisotopic (exact) mass is 288 g/mol. The first kappa shape index (κ1) is 13.3. The number of methoxy groups -OCH3 is 1. The van der Waals surface area contributed by atoms with Crippen LogP contribution in [0.1, 0.15) is 32.1 Å². The lowest BCUT2D eigenvalue weighted by Gasteiger charge is -2.58. The van der Waals surface area contributed by atoms with Crippen molar-refractivity contribution in [3.8, 4) is 5.75 Å². The van der Waals surface area contributed by atoms with E-state index in [2.05, 4.69) is 5.32 Å². The second-order valence-electron chi connectivity index (χ2n) is 7.32. The van der Waals surface area contributed by atoms with Crippen molar-refractivity contribution in [2.75, 3.05) is 18.2 Å². The highest BCUT2D eigenvalue weighted by atomic mass is 16.5. The summed E-state index contributed by atoms with van der Waals surface area (Å²) in [7, 11) is 1.65. The lowest BCUT2D eigenvalue weighted by atomic mass is 9.52. The normalized spacial score (nSPS) is 40.3. The number of rotatable bonds is 3. The van der Waals surface area contributed by atoms with Crippen molar-refractivity contribution in [1.82, 2.24) is 0 Å². The SMILES string of the molecule is COc1cc(NC2C3CC4CC2CC(O)(C4)C3)ccc1N. The third-order valence-corrected chi connectivity index (χ3v) is 5.81. The van der Waals surface area contributed by atoms with E-state index in [0.29, 0.717) is 23.6 Å². The Balaban J connectivity index is 1.55. The second kappa shape index (κ2) is 4.54. The van der Waals surface area contributed by atoms with E-state index in [1.54, 1.807) is 7.11 Å². The van der Waals surface area contributed by atoms with Gasteiger partial charge in [0.1, 0.15) is 5.75 Å². The van der Waals surface area contributed by atoms with Crippen LogP contribution in [0.2, 0.25) is 0 Å². The third kappa shape index (κ3) is 2.16. The van der Waals surface area contributed by atoms with Gasteiger partial charge in [0.25, 0.3) is 0 Å². The first-order valence-corrected chi connectivity index (χ1v) is 7.99. The molecule has 0 saturated heterocycles. The van der Waals surface area contributed by atoms with Crippen molar-refractivity contribution in [3.05, 3.63) is 18.2 Å². The molecule has 4 nitrogen and oxygen atoms in total. The van der Waals surface area contributed by atoms with E-state index in [-0.39, 0.29) is 5.60 Å². The standard InChI is InChI=1S/C17H24N2O2/c1-21-15-6-13(2-3-14(15)18)19-16-11-4-10-5-12(16)9-17(20,7-10)8-11/h2-3,6,10-12,16,19-20H,4-5,7-9,18H2,1H3. The van der Waals surface area contributed by atoms with E-state index in [1.165, 1.54) is 12.8 Å². The Bertz CT molecular complexity index is 544. The number of nitrogen functional groups attached to an aromatic ring is 1. The maximum absolute atomic E-state index is 10.6. The van der Waals surface area contributed by atoms with E-state index in [1.807, 2.05) is 18.2 Å². The van der Waals surface area contributed by atoms with Gasteiger partial charge in [-0.15, -0.1) is 0 Å². The first-order valence-electron chi connectivity index (χ1n) is 7.99. The molecule has 4 N–H and O–H groups in total. The van der Waals surface area contributed by atoms with Gasteiger partial charge >= 0.3 is 0 Å². The average Bonchev–Trinajstić information content (AvgIpc) is 2.42. The maximum Gasteiger partial charge on any atom is 0.143 e. The summed E-state index contributed by atoms with van der Waals surface area (Å²) < 4.78 is 5.30. The van der Waals surface area contributed by atoms with Crippen molar-refractivity contribution < 1.29 is 9.84 Å². The van der Waals surface area contributed by atoms with Crippen LogP contribution < -0.4 is 15.8 Å². The van der Waals surface area contributed by atoms with Crippen molar-refractivity contribution in [2.24, 2.45) is 17.8 Å². The summed E-state index contributed by atoms with van der Waals surface area (Å²) in [6.07, 6.45) is 5.49. The molecule has 21 heavy (non-hydrogen) atoms. The lowest BCUT2D eigenvalue weighted by molar-refractivity contribution is -0.129. The minimum absolute atomic E-state index is 0.368. The molecule has 5 rings (SSSR count). The van der Waals surface area contributed by atoms with Crippen LogP contribution in [-0.4, -0.2) is 23.9 Å². The number of benzene rings is 1. The highest BCUT2D eigenvalue weighted by Crippen LogP contribution is 2.56. The number of hydrogen-bond acceptors (Lipinski definition) is 4. The molecule has 4 aliphatic rings. The molecule has 0 heterocycles. The van der Waals surface area contributed by atoms with Gasteiger partial charge in [-0.3, -0.25) is 0 Å². The van der Waals surface area contributed by atoms with Crippen molar-refractivity contribution in [2.45, 2.75) is 43.7 Å². The Morgan fingerprint density at radius 2 is 1.95 bits per heavy atom. The fourth-order valence-electron chi connectivity index (χ4n) is 5.21. The van der Waals surface area contributed by atoms with Crippen LogP contribution in [0.4, 0.5) is 11.4 Å². The maximum atomic E-state index is 10.6. The Morgan fingerprint density at radius 3 is 2.57 bits per heavy atom. The molecule has 0 aromatic heterocycles. The number of hydrogen-bond donors (Lipinski definition) is 3.